The van der Waals surface area contributed by atoms with E-state index in [9.17, 15) is 20.1 Å². The van der Waals surface area contributed by atoms with Crippen LogP contribution in [-0.2, 0) is 4.79 Å². The highest BCUT2D eigenvalue weighted by Crippen LogP contribution is 2.10. The lowest BCUT2D eigenvalue weighted by Gasteiger charge is -2.20. The van der Waals surface area contributed by atoms with Crippen LogP contribution in [0.2, 0.25) is 0 Å². The maximum Gasteiger partial charge on any atom is 0.223 e. The Hall–Kier alpha value is -1.69. The van der Waals surface area contributed by atoms with Crippen LogP contribution in [0.15, 0.2) is 48.6 Å². The van der Waals surface area contributed by atoms with Crippen LogP contribution in [0.5, 0.6) is 0 Å². The second-order valence-corrected chi connectivity index (χ2v) is 11.1. The Morgan fingerprint density at radius 2 is 1.07 bits per heavy atom. The average Bonchev–Trinajstić information content (AvgIpc) is 2.94. The summed E-state index contributed by atoms with van der Waals surface area (Å²) in [5.74, 6) is -0.370. The molecule has 40 heavy (non-hydrogen) atoms. The highest BCUT2D eigenvalue weighted by atomic mass is 16.3. The van der Waals surface area contributed by atoms with Gasteiger partial charge in [-0.15, -0.1) is 0 Å². The highest BCUT2D eigenvalue weighted by molar-refractivity contribution is 5.76. The van der Waals surface area contributed by atoms with Crippen molar-refractivity contribution in [2.45, 2.75) is 161 Å². The van der Waals surface area contributed by atoms with E-state index >= 15 is 0 Å². The summed E-state index contributed by atoms with van der Waals surface area (Å²) in [6.45, 7) is 4.09. The minimum absolute atomic E-state index is 0.0493. The van der Waals surface area contributed by atoms with Gasteiger partial charge in [0.2, 0.25) is 5.91 Å². The molecule has 0 aliphatic rings. The Labute approximate surface area is 246 Å². The zero-order valence-corrected chi connectivity index (χ0v) is 25.9. The number of hydrogen-bond donors (Lipinski definition) is 4. The van der Waals surface area contributed by atoms with Gasteiger partial charge >= 0.3 is 0 Å². The molecule has 3 atom stereocenters. The number of aliphatic hydroxyl groups is 3. The highest BCUT2D eigenvalue weighted by Gasteiger charge is 2.19. The van der Waals surface area contributed by atoms with Gasteiger partial charge in [-0.25, -0.2) is 0 Å². The summed E-state index contributed by atoms with van der Waals surface area (Å²) in [5.41, 5.74) is 0. The molecule has 0 spiro atoms. The van der Waals surface area contributed by atoms with Crippen molar-refractivity contribution in [2.75, 3.05) is 6.61 Å². The molecule has 0 aromatic carbocycles. The van der Waals surface area contributed by atoms with Gasteiger partial charge in [0, 0.05) is 0 Å². The predicted octanol–water partition coefficient (Wildman–Crippen LogP) is 8.25. The van der Waals surface area contributed by atoms with Crippen LogP contribution in [0.3, 0.4) is 0 Å². The van der Waals surface area contributed by atoms with Crippen molar-refractivity contribution in [3.8, 4) is 0 Å². The molecule has 0 bridgehead atoms. The van der Waals surface area contributed by atoms with Crippen molar-refractivity contribution in [3.05, 3.63) is 48.6 Å². The molecular formula is C35H63NO4. The number of amides is 1. The second kappa shape index (κ2) is 30.3. The largest absolute Gasteiger partial charge is 0.394 e. The fraction of sp³-hybridized carbons (Fsp3) is 0.743. The lowest BCUT2D eigenvalue weighted by atomic mass is 10.1. The molecule has 0 fully saturated rings. The number of aliphatic hydroxyl groups excluding tert-OH is 3. The van der Waals surface area contributed by atoms with Crippen LogP contribution in [0.25, 0.3) is 0 Å². The Bertz CT molecular complexity index is 670. The number of rotatable bonds is 28. The van der Waals surface area contributed by atoms with E-state index in [0.717, 1.165) is 38.5 Å². The molecule has 0 rings (SSSR count). The standard InChI is InChI=1S/C35H63NO4/c1-3-5-7-9-11-12-13-14-15-16-17-18-19-20-21-23-25-27-29-34(39)33(31-37)36-35(40)30-32(38)28-26-24-22-10-8-6-4-2/h16-17,20-21,24,26-27,29,32-34,37-39H,3-15,18-19,22-23,25,28,30-31H2,1-2H3,(H,36,40)/b17-16+,21-20+,26-24-,29-27+. The molecule has 3 unspecified atom stereocenters. The Morgan fingerprint density at radius 1 is 0.625 bits per heavy atom. The monoisotopic (exact) mass is 561 g/mol. The van der Waals surface area contributed by atoms with E-state index in [4.69, 9.17) is 0 Å². The van der Waals surface area contributed by atoms with Gasteiger partial charge in [-0.2, -0.15) is 0 Å². The molecule has 0 aromatic rings. The lowest BCUT2D eigenvalue weighted by molar-refractivity contribution is -0.124. The predicted molar refractivity (Wildman–Crippen MR) is 171 cm³/mol. The summed E-state index contributed by atoms with van der Waals surface area (Å²) in [6.07, 6.45) is 36.9. The smallest absolute Gasteiger partial charge is 0.223 e. The number of nitrogens with one attached hydrogen (secondary N) is 1. The van der Waals surface area contributed by atoms with Gasteiger partial charge in [0.25, 0.3) is 0 Å². The van der Waals surface area contributed by atoms with Crippen LogP contribution in [0, 0.1) is 0 Å². The second-order valence-electron chi connectivity index (χ2n) is 11.1. The van der Waals surface area contributed by atoms with Gasteiger partial charge in [-0.1, -0.05) is 127 Å². The molecular weight excluding hydrogens is 498 g/mol. The number of carbonyl (C=O) groups excluding carboxylic acids is 1. The van der Waals surface area contributed by atoms with E-state index in [0.29, 0.717) is 6.42 Å². The molecule has 232 valence electrons. The number of unbranched alkanes of at least 4 members (excludes halogenated alkanes) is 14. The summed E-state index contributed by atoms with van der Waals surface area (Å²) in [5, 5.41) is 32.7. The van der Waals surface area contributed by atoms with Crippen molar-refractivity contribution < 1.29 is 20.1 Å². The van der Waals surface area contributed by atoms with Crippen LogP contribution < -0.4 is 5.32 Å². The van der Waals surface area contributed by atoms with Gasteiger partial charge in [0.1, 0.15) is 0 Å². The van der Waals surface area contributed by atoms with Crippen LogP contribution in [-0.4, -0.2) is 46.1 Å². The van der Waals surface area contributed by atoms with Crippen molar-refractivity contribution in [1.29, 1.82) is 0 Å². The molecule has 0 aliphatic carbocycles. The topological polar surface area (TPSA) is 89.8 Å². The fourth-order valence-electron chi connectivity index (χ4n) is 4.48. The summed E-state index contributed by atoms with van der Waals surface area (Å²) in [4.78, 5) is 12.2. The van der Waals surface area contributed by atoms with Crippen molar-refractivity contribution in [2.24, 2.45) is 0 Å². The van der Waals surface area contributed by atoms with Gasteiger partial charge in [-0.05, 0) is 57.8 Å². The molecule has 0 saturated carbocycles. The van der Waals surface area contributed by atoms with Gasteiger partial charge in [0.15, 0.2) is 0 Å². The molecule has 5 nitrogen and oxygen atoms in total. The van der Waals surface area contributed by atoms with E-state index in [1.54, 1.807) is 6.08 Å². The van der Waals surface area contributed by atoms with Crippen molar-refractivity contribution in [1.82, 2.24) is 5.32 Å². The van der Waals surface area contributed by atoms with Crippen LogP contribution in [0.1, 0.15) is 142 Å². The van der Waals surface area contributed by atoms with Crippen LogP contribution >= 0.6 is 0 Å². The lowest BCUT2D eigenvalue weighted by Crippen LogP contribution is -2.45. The molecule has 4 N–H and O–H groups in total. The minimum atomic E-state index is -0.968. The third-order valence-electron chi connectivity index (χ3n) is 7.07. The summed E-state index contributed by atoms with van der Waals surface area (Å²) < 4.78 is 0. The minimum Gasteiger partial charge on any atom is -0.394 e. The fourth-order valence-corrected chi connectivity index (χ4v) is 4.48. The first-order valence-corrected chi connectivity index (χ1v) is 16.4. The van der Waals surface area contributed by atoms with Crippen molar-refractivity contribution in [3.63, 3.8) is 0 Å². The van der Waals surface area contributed by atoms with E-state index in [1.165, 1.54) is 77.0 Å². The van der Waals surface area contributed by atoms with E-state index in [-0.39, 0.29) is 18.9 Å². The van der Waals surface area contributed by atoms with Gasteiger partial charge in [0.05, 0.1) is 31.3 Å². The first kappa shape index (κ1) is 38.3. The average molecular weight is 562 g/mol. The molecule has 0 radical (unpaired) electrons. The Morgan fingerprint density at radius 3 is 1.62 bits per heavy atom. The molecule has 0 aromatic heterocycles. The third kappa shape index (κ3) is 26.5. The maximum absolute atomic E-state index is 12.2. The molecule has 5 heteroatoms. The molecule has 0 heterocycles. The molecule has 0 aliphatic heterocycles. The van der Waals surface area contributed by atoms with Crippen molar-refractivity contribution >= 4 is 5.91 Å². The summed E-state index contributed by atoms with van der Waals surface area (Å²) >= 11 is 0. The Balaban J connectivity index is 3.89. The quantitative estimate of drug-likeness (QED) is 0.0572. The number of hydrogen-bond acceptors (Lipinski definition) is 4. The zero-order valence-electron chi connectivity index (χ0n) is 25.9. The number of allylic oxidation sites excluding steroid dienone is 6. The van der Waals surface area contributed by atoms with E-state index < -0.39 is 18.2 Å². The van der Waals surface area contributed by atoms with Gasteiger partial charge in [-0.3, -0.25) is 4.79 Å². The first-order chi connectivity index (χ1) is 19.5. The van der Waals surface area contributed by atoms with E-state index in [1.807, 2.05) is 12.2 Å². The molecule has 0 saturated heterocycles. The zero-order chi connectivity index (χ0) is 29.5. The SMILES string of the molecule is CCCCCC/C=C\CC(O)CC(=O)NC(CO)C(O)/C=C/CC/C=C/CC/C=C/CCCCCCCCCC. The number of carbonyl (C=O) groups is 1. The first-order valence-electron chi connectivity index (χ1n) is 16.4. The maximum atomic E-state index is 12.2. The normalized spacial score (nSPS) is 14.6. The third-order valence-corrected chi connectivity index (χ3v) is 7.07. The van der Waals surface area contributed by atoms with Crippen LogP contribution in [0.4, 0.5) is 0 Å². The Kier molecular flexibility index (Phi) is 29.0. The summed E-state index contributed by atoms with van der Waals surface area (Å²) in [6, 6.07) is -0.779. The summed E-state index contributed by atoms with van der Waals surface area (Å²) in [7, 11) is 0. The van der Waals surface area contributed by atoms with E-state index in [2.05, 4.69) is 49.5 Å². The van der Waals surface area contributed by atoms with Gasteiger partial charge < -0.3 is 20.6 Å². The molecule has 1 amide bonds.